The first kappa shape index (κ1) is 33.5. The maximum atomic E-state index is 12.7. The van der Waals surface area contributed by atoms with Gasteiger partial charge in [0.05, 0.1) is 6.10 Å². The van der Waals surface area contributed by atoms with Gasteiger partial charge >= 0.3 is 5.97 Å². The smallest absolute Gasteiger partial charge is 0.311 e. The van der Waals surface area contributed by atoms with Crippen LogP contribution in [-0.4, -0.2) is 20.4 Å². The van der Waals surface area contributed by atoms with Crippen molar-refractivity contribution >= 4 is 14.3 Å². The third-order valence-corrected chi connectivity index (χ3v) is 13.6. The first-order valence-corrected chi connectivity index (χ1v) is 18.4. The van der Waals surface area contributed by atoms with E-state index in [0.29, 0.717) is 40.3 Å². The number of benzene rings is 1. The molecule has 0 fully saturated rings. The second-order valence-corrected chi connectivity index (χ2v) is 17.8. The van der Waals surface area contributed by atoms with Crippen LogP contribution in [0.4, 0.5) is 0 Å². The maximum absolute atomic E-state index is 12.7. The highest BCUT2D eigenvalue weighted by atomic mass is 28.4. The summed E-state index contributed by atoms with van der Waals surface area (Å²) in [5, 5.41) is 0. The molecule has 0 N–H and O–H groups in total. The number of esters is 1. The van der Waals surface area contributed by atoms with Gasteiger partial charge in [0.2, 0.25) is 0 Å². The Hall–Kier alpha value is -2.01. The lowest BCUT2D eigenvalue weighted by atomic mass is 10.1. The van der Waals surface area contributed by atoms with Crippen LogP contribution in [0.1, 0.15) is 142 Å². The van der Waals surface area contributed by atoms with Crippen LogP contribution in [-0.2, 0) is 4.79 Å². The molecule has 0 amide bonds. The van der Waals surface area contributed by atoms with Crippen LogP contribution >= 0.6 is 0 Å². The molecule has 4 nitrogen and oxygen atoms in total. The Bertz CT molecular complexity index is 964. The molecule has 0 spiro atoms. The van der Waals surface area contributed by atoms with Gasteiger partial charge in [-0.2, -0.15) is 0 Å². The van der Waals surface area contributed by atoms with E-state index in [0.717, 1.165) is 51.4 Å². The topological polar surface area (TPSA) is 44.8 Å². The molecular weight excluding hydrogens is 524 g/mol. The molecule has 1 rings (SSSR count). The van der Waals surface area contributed by atoms with Gasteiger partial charge in [-0.1, -0.05) is 105 Å². The van der Waals surface area contributed by atoms with Gasteiger partial charge < -0.3 is 13.9 Å². The molecule has 0 aromatic heterocycles. The van der Waals surface area contributed by atoms with Crippen molar-refractivity contribution < 1.29 is 21.4 Å². The van der Waals surface area contributed by atoms with Crippen molar-refractivity contribution in [1.29, 1.82) is 0 Å². The van der Waals surface area contributed by atoms with Crippen LogP contribution in [0, 0.1) is 0 Å². The maximum Gasteiger partial charge on any atom is 0.311 e. The lowest BCUT2D eigenvalue weighted by molar-refractivity contribution is -0.134. The van der Waals surface area contributed by atoms with Crippen molar-refractivity contribution in [3.63, 3.8) is 0 Å². The summed E-state index contributed by atoms with van der Waals surface area (Å²) in [5.41, 5.74) is 1.28. The summed E-state index contributed by atoms with van der Waals surface area (Å²) >= 11 is 0. The predicted molar refractivity (Wildman–Crippen MR) is 179 cm³/mol. The van der Waals surface area contributed by atoms with Crippen molar-refractivity contribution in [1.82, 2.24) is 0 Å². The zero-order valence-electron chi connectivity index (χ0n) is 29.8. The van der Waals surface area contributed by atoms with E-state index in [1.165, 1.54) is 12.8 Å². The van der Waals surface area contributed by atoms with Gasteiger partial charge in [0.1, 0.15) is 17.2 Å². The molecule has 1 aromatic carbocycles. The number of carbonyl (C=O) groups excluding carboxylic acids is 1. The first-order chi connectivity index (χ1) is 20.2. The Labute approximate surface area is 257 Å². The third-order valence-electron chi connectivity index (χ3n) is 7.61. The minimum atomic E-state index is -2.18. The van der Waals surface area contributed by atoms with E-state index in [-0.39, 0.29) is 12.1 Å². The molecule has 0 aliphatic carbocycles. The Morgan fingerprint density at radius 1 is 0.732 bits per heavy atom. The average Bonchev–Trinajstić information content (AvgIpc) is 2.89. The lowest BCUT2D eigenvalue weighted by Gasteiger charge is -2.42. The fraction of sp³-hybridized carbons (Fsp3) is 0.694. The van der Waals surface area contributed by atoms with Crippen molar-refractivity contribution in [2.75, 3.05) is 0 Å². The number of unbranched alkanes of at least 4 members (excludes halogenated alkanes) is 8. The van der Waals surface area contributed by atoms with Gasteiger partial charge in [0, 0.05) is 27.4 Å². The van der Waals surface area contributed by atoms with Crippen LogP contribution in [0.25, 0.3) is 0 Å². The van der Waals surface area contributed by atoms with Crippen LogP contribution in [0.2, 0.25) is 16.6 Å². The molecule has 0 saturated heterocycles. The quantitative estimate of drug-likeness (QED) is 0.0444. The molecule has 0 aliphatic rings. The summed E-state index contributed by atoms with van der Waals surface area (Å²) in [6, 6.07) is 5.56. The van der Waals surface area contributed by atoms with Gasteiger partial charge in [0.25, 0.3) is 8.32 Å². The second kappa shape index (κ2) is 20.8. The number of hydrogen-bond donors (Lipinski definition) is 0. The van der Waals surface area contributed by atoms with Crippen LogP contribution in [0.5, 0.6) is 17.2 Å². The van der Waals surface area contributed by atoms with E-state index in [4.69, 9.17) is 16.6 Å². The monoisotopic (exact) mass is 588 g/mol. The minimum absolute atomic E-state index is 0.00441. The summed E-state index contributed by atoms with van der Waals surface area (Å²) in [5.74, 6) is 1.61. The minimum Gasteiger partial charge on any atom is -0.543 e. The second-order valence-electron chi connectivity index (χ2n) is 12.5. The number of ether oxygens (including phenoxy) is 2. The highest BCUT2D eigenvalue weighted by Gasteiger charge is 2.47. The van der Waals surface area contributed by atoms with E-state index in [1.807, 2.05) is 38.1 Å². The van der Waals surface area contributed by atoms with Crippen molar-refractivity contribution in [3.8, 4) is 17.2 Å². The fourth-order valence-corrected chi connectivity index (χ4v) is 10.9. The molecule has 5 heteroatoms. The predicted octanol–water partition coefficient (Wildman–Crippen LogP) is 11.7. The third kappa shape index (κ3) is 14.6. The van der Waals surface area contributed by atoms with Crippen molar-refractivity contribution in [2.24, 2.45) is 0 Å². The van der Waals surface area contributed by atoms with E-state index in [9.17, 15) is 4.79 Å². The molecule has 0 heterocycles. The average molecular weight is 589 g/mol. The molecule has 234 valence electrons. The first-order valence-electron chi connectivity index (χ1n) is 17.3. The van der Waals surface area contributed by atoms with E-state index in [2.05, 4.69) is 48.5 Å². The molecular formula is C36H62O4Si. The zero-order valence-corrected chi connectivity index (χ0v) is 28.8. The normalized spacial score (nSPS) is 13.6. The Morgan fingerprint density at radius 2 is 1.24 bits per heavy atom. The molecule has 0 atom stereocenters. The molecule has 1 aromatic rings. The van der Waals surface area contributed by atoms with Crippen molar-refractivity contribution in [2.45, 2.75) is 162 Å². The Morgan fingerprint density at radius 3 is 1.80 bits per heavy atom. The number of hydrogen-bond acceptors (Lipinski definition) is 4. The highest BCUT2D eigenvalue weighted by molar-refractivity contribution is 6.78. The summed E-state index contributed by atoms with van der Waals surface area (Å²) in [4.78, 5) is 12.7. The SMILES string of the molecule is [2H]C([2H])(/C=C\CCCCC)/C=C\CCCCCCCC(=O)Oc1cc(OC(C)C)cc(O[Si](C(C)C)(C(C)C)C(C)C)c1. The molecule has 0 aliphatic heterocycles. The molecule has 0 bridgehead atoms. The zero-order chi connectivity index (χ0) is 32.5. The summed E-state index contributed by atoms with van der Waals surface area (Å²) in [7, 11) is -2.18. The van der Waals surface area contributed by atoms with Gasteiger partial charge in [-0.05, 0) is 68.9 Å². The van der Waals surface area contributed by atoms with Crippen LogP contribution in [0.15, 0.2) is 42.5 Å². The molecule has 0 saturated carbocycles. The van der Waals surface area contributed by atoms with E-state index in [1.54, 1.807) is 18.2 Å². The van der Waals surface area contributed by atoms with Gasteiger partial charge in [-0.15, -0.1) is 0 Å². The van der Waals surface area contributed by atoms with E-state index < -0.39 is 14.7 Å². The highest BCUT2D eigenvalue weighted by Crippen LogP contribution is 2.44. The standard InChI is InChI=1S/C36H62O4Si/c1-10-11-12-13-14-15-16-17-18-19-20-21-22-23-24-25-36(37)39-34-26-33(38-29(2)3)27-35(28-34)40-41(30(4)5,31(6)7)32(8)9/h14-15,17-18,26-32H,10-13,16,19-25H2,1-9H3/b15-14-,18-17-/i16D2. The molecule has 0 radical (unpaired) electrons. The summed E-state index contributed by atoms with van der Waals surface area (Å²) in [6.45, 7) is 19.7. The lowest BCUT2D eigenvalue weighted by Crippen LogP contribution is -2.50. The van der Waals surface area contributed by atoms with Crippen LogP contribution in [0.3, 0.4) is 0 Å². The van der Waals surface area contributed by atoms with E-state index >= 15 is 0 Å². The fourth-order valence-electron chi connectivity index (χ4n) is 5.68. The van der Waals surface area contributed by atoms with Gasteiger partial charge in [-0.25, -0.2) is 0 Å². The molecule has 0 unspecified atom stereocenters. The van der Waals surface area contributed by atoms with Gasteiger partial charge in [0.15, 0.2) is 0 Å². The number of allylic oxidation sites excluding steroid dienone is 4. The number of carbonyl (C=O) groups is 1. The Kier molecular flexibility index (Phi) is 17.0. The molecule has 41 heavy (non-hydrogen) atoms. The van der Waals surface area contributed by atoms with Crippen molar-refractivity contribution in [3.05, 3.63) is 42.5 Å². The van der Waals surface area contributed by atoms with Gasteiger partial charge in [-0.3, -0.25) is 4.79 Å². The summed E-state index contributed by atoms with van der Waals surface area (Å²) in [6.07, 6.45) is 16.5. The summed E-state index contributed by atoms with van der Waals surface area (Å²) < 4.78 is 34.8. The number of rotatable bonds is 22. The largest absolute Gasteiger partial charge is 0.543 e. The van der Waals surface area contributed by atoms with Crippen LogP contribution < -0.4 is 13.9 Å². The Balaban J connectivity index is 2.59.